The maximum absolute atomic E-state index is 11.5. The van der Waals surface area contributed by atoms with Crippen LogP contribution in [0.15, 0.2) is 6.33 Å². The SMILES string of the molecule is CC.Cc1ncnn1CCOC(F)F. The molecule has 0 unspecified atom stereocenters. The van der Waals surface area contributed by atoms with Crippen molar-refractivity contribution in [2.45, 2.75) is 33.9 Å². The molecule has 0 amide bonds. The molecule has 0 fully saturated rings. The third-order valence-corrected chi connectivity index (χ3v) is 1.36. The molecule has 82 valence electrons. The van der Waals surface area contributed by atoms with E-state index in [1.807, 2.05) is 13.8 Å². The van der Waals surface area contributed by atoms with Crippen molar-refractivity contribution in [2.24, 2.45) is 0 Å². The van der Waals surface area contributed by atoms with Crippen LogP contribution in [-0.2, 0) is 11.3 Å². The molecule has 0 bridgehead atoms. The summed E-state index contributed by atoms with van der Waals surface area (Å²) >= 11 is 0. The van der Waals surface area contributed by atoms with Crippen LogP contribution in [0.4, 0.5) is 8.78 Å². The van der Waals surface area contributed by atoms with Crippen molar-refractivity contribution in [3.63, 3.8) is 0 Å². The number of aromatic nitrogens is 3. The van der Waals surface area contributed by atoms with Gasteiger partial charge in [-0.3, -0.25) is 0 Å². The summed E-state index contributed by atoms with van der Waals surface area (Å²) in [7, 11) is 0. The molecule has 0 spiro atoms. The van der Waals surface area contributed by atoms with Crippen LogP contribution in [0.1, 0.15) is 19.7 Å². The lowest BCUT2D eigenvalue weighted by Crippen LogP contribution is -2.11. The summed E-state index contributed by atoms with van der Waals surface area (Å²) in [5.41, 5.74) is 0. The molecular weight excluding hydrogens is 192 g/mol. The van der Waals surface area contributed by atoms with Gasteiger partial charge in [-0.25, -0.2) is 9.67 Å². The molecule has 0 radical (unpaired) electrons. The topological polar surface area (TPSA) is 39.9 Å². The van der Waals surface area contributed by atoms with Crippen molar-refractivity contribution in [3.05, 3.63) is 12.2 Å². The Kier molecular flexibility index (Phi) is 6.82. The summed E-state index contributed by atoms with van der Waals surface area (Å²) in [4.78, 5) is 3.82. The molecule has 1 aromatic heterocycles. The fraction of sp³-hybridized carbons (Fsp3) is 0.750. The van der Waals surface area contributed by atoms with E-state index in [0.717, 1.165) is 0 Å². The van der Waals surface area contributed by atoms with E-state index in [2.05, 4.69) is 14.8 Å². The van der Waals surface area contributed by atoms with Gasteiger partial charge < -0.3 is 4.74 Å². The second kappa shape index (κ2) is 7.37. The highest BCUT2D eigenvalue weighted by atomic mass is 19.3. The van der Waals surface area contributed by atoms with E-state index < -0.39 is 6.61 Å². The first-order valence-corrected chi connectivity index (χ1v) is 4.44. The largest absolute Gasteiger partial charge is 0.345 e. The standard InChI is InChI=1S/C6H9F2N3O.C2H6/c1-5-9-4-10-11(5)2-3-12-6(7)8;1-2/h4,6H,2-3H2,1H3;1-2H3. The molecular formula is C8H15F2N3O. The third-order valence-electron chi connectivity index (χ3n) is 1.36. The Morgan fingerprint density at radius 3 is 2.57 bits per heavy atom. The molecule has 14 heavy (non-hydrogen) atoms. The number of ether oxygens (including phenoxy) is 1. The summed E-state index contributed by atoms with van der Waals surface area (Å²) < 4.78 is 28.5. The molecule has 4 nitrogen and oxygen atoms in total. The number of halogens is 2. The summed E-state index contributed by atoms with van der Waals surface area (Å²) in [6, 6.07) is 0. The Balaban J connectivity index is 0.000000791. The fourth-order valence-corrected chi connectivity index (χ4v) is 0.770. The van der Waals surface area contributed by atoms with Gasteiger partial charge in [-0.15, -0.1) is 0 Å². The predicted octanol–water partition coefficient (Wildman–Crippen LogP) is 1.85. The van der Waals surface area contributed by atoms with Gasteiger partial charge in [-0.05, 0) is 6.92 Å². The normalized spacial score (nSPS) is 9.86. The van der Waals surface area contributed by atoms with Gasteiger partial charge in [0.1, 0.15) is 12.2 Å². The van der Waals surface area contributed by atoms with Gasteiger partial charge >= 0.3 is 6.61 Å². The van der Waals surface area contributed by atoms with E-state index in [1.54, 1.807) is 6.92 Å². The molecule has 1 rings (SSSR count). The molecule has 6 heteroatoms. The summed E-state index contributed by atoms with van der Waals surface area (Å²) in [5.74, 6) is 0.688. The maximum atomic E-state index is 11.5. The first-order chi connectivity index (χ1) is 6.70. The van der Waals surface area contributed by atoms with Crippen molar-refractivity contribution < 1.29 is 13.5 Å². The molecule has 1 heterocycles. The molecule has 0 aromatic carbocycles. The Hall–Kier alpha value is -1.04. The van der Waals surface area contributed by atoms with E-state index >= 15 is 0 Å². The second-order valence-corrected chi connectivity index (χ2v) is 2.16. The number of nitrogens with zero attached hydrogens (tertiary/aromatic N) is 3. The quantitative estimate of drug-likeness (QED) is 0.756. The fourth-order valence-electron chi connectivity index (χ4n) is 0.770. The van der Waals surface area contributed by atoms with Crippen LogP contribution in [-0.4, -0.2) is 28.0 Å². The van der Waals surface area contributed by atoms with Crippen LogP contribution >= 0.6 is 0 Å². The van der Waals surface area contributed by atoms with E-state index in [9.17, 15) is 8.78 Å². The van der Waals surface area contributed by atoms with Crippen molar-refractivity contribution in [2.75, 3.05) is 6.61 Å². The lowest BCUT2D eigenvalue weighted by Gasteiger charge is -2.03. The molecule has 0 aliphatic rings. The zero-order valence-corrected chi connectivity index (χ0v) is 8.57. The zero-order chi connectivity index (χ0) is 11.0. The van der Waals surface area contributed by atoms with Crippen LogP contribution < -0.4 is 0 Å². The van der Waals surface area contributed by atoms with Crippen LogP contribution in [0, 0.1) is 6.92 Å². The van der Waals surface area contributed by atoms with Crippen LogP contribution in [0.25, 0.3) is 0 Å². The summed E-state index contributed by atoms with van der Waals surface area (Å²) in [6.45, 7) is 3.28. The van der Waals surface area contributed by atoms with Crippen molar-refractivity contribution in [1.82, 2.24) is 14.8 Å². The highest BCUT2D eigenvalue weighted by Gasteiger charge is 2.02. The first-order valence-electron chi connectivity index (χ1n) is 4.44. The van der Waals surface area contributed by atoms with E-state index in [-0.39, 0.29) is 6.61 Å². The lowest BCUT2D eigenvalue weighted by atomic mass is 10.6. The number of rotatable bonds is 4. The average Bonchev–Trinajstić information content (AvgIpc) is 2.55. The van der Waals surface area contributed by atoms with Crippen LogP contribution in [0.5, 0.6) is 0 Å². The molecule has 0 N–H and O–H groups in total. The van der Waals surface area contributed by atoms with Crippen molar-refractivity contribution in [3.8, 4) is 0 Å². The van der Waals surface area contributed by atoms with Crippen LogP contribution in [0.2, 0.25) is 0 Å². The summed E-state index contributed by atoms with van der Waals surface area (Å²) in [6.07, 6.45) is 1.37. The minimum atomic E-state index is -2.71. The molecule has 0 aliphatic carbocycles. The van der Waals surface area contributed by atoms with E-state index in [4.69, 9.17) is 0 Å². The van der Waals surface area contributed by atoms with E-state index in [0.29, 0.717) is 12.4 Å². The van der Waals surface area contributed by atoms with Crippen molar-refractivity contribution >= 4 is 0 Å². The Morgan fingerprint density at radius 1 is 1.50 bits per heavy atom. The third kappa shape index (κ3) is 4.86. The Morgan fingerprint density at radius 2 is 2.14 bits per heavy atom. The molecule has 0 aliphatic heterocycles. The minimum Gasteiger partial charge on any atom is -0.321 e. The lowest BCUT2D eigenvalue weighted by molar-refractivity contribution is -0.130. The minimum absolute atomic E-state index is 0.0537. The average molecular weight is 207 g/mol. The Labute approximate surface area is 81.9 Å². The van der Waals surface area contributed by atoms with Gasteiger partial charge in [0.25, 0.3) is 0 Å². The molecule has 0 atom stereocenters. The second-order valence-electron chi connectivity index (χ2n) is 2.16. The number of alkyl halides is 2. The highest BCUT2D eigenvalue weighted by Crippen LogP contribution is 1.96. The van der Waals surface area contributed by atoms with E-state index in [1.165, 1.54) is 11.0 Å². The monoisotopic (exact) mass is 207 g/mol. The summed E-state index contributed by atoms with van der Waals surface area (Å²) in [5, 5.41) is 3.79. The van der Waals surface area contributed by atoms with Gasteiger partial charge in [-0.2, -0.15) is 13.9 Å². The van der Waals surface area contributed by atoms with Gasteiger partial charge in [0, 0.05) is 0 Å². The zero-order valence-electron chi connectivity index (χ0n) is 8.57. The number of hydrogen-bond acceptors (Lipinski definition) is 3. The molecule has 1 aromatic rings. The molecule has 0 saturated heterocycles. The van der Waals surface area contributed by atoms with Gasteiger partial charge in [0.15, 0.2) is 0 Å². The number of aryl methyl sites for hydroxylation is 1. The Bertz CT molecular complexity index is 240. The maximum Gasteiger partial charge on any atom is 0.345 e. The van der Waals surface area contributed by atoms with Gasteiger partial charge in [-0.1, -0.05) is 13.8 Å². The predicted molar refractivity (Wildman–Crippen MR) is 48.1 cm³/mol. The highest BCUT2D eigenvalue weighted by molar-refractivity contribution is 4.77. The first kappa shape index (κ1) is 13.0. The molecule has 0 saturated carbocycles. The van der Waals surface area contributed by atoms with Crippen molar-refractivity contribution in [1.29, 1.82) is 0 Å². The van der Waals surface area contributed by atoms with Crippen LogP contribution in [0.3, 0.4) is 0 Å². The van der Waals surface area contributed by atoms with Gasteiger partial charge in [0.2, 0.25) is 0 Å². The van der Waals surface area contributed by atoms with Gasteiger partial charge in [0.05, 0.1) is 13.2 Å². The smallest absolute Gasteiger partial charge is 0.321 e. The number of hydrogen-bond donors (Lipinski definition) is 0.